The van der Waals surface area contributed by atoms with Gasteiger partial charge >= 0.3 is 0 Å². The zero-order valence-corrected chi connectivity index (χ0v) is 22.9. The van der Waals surface area contributed by atoms with Gasteiger partial charge in [-0.05, 0) is 44.4 Å². The molecule has 2 aromatic carbocycles. The molecule has 0 bridgehead atoms. The van der Waals surface area contributed by atoms with Gasteiger partial charge in [0.15, 0.2) is 6.10 Å². The number of carbonyl (C=O) groups is 3. The third-order valence-electron chi connectivity index (χ3n) is 7.64. The number of aromatic hydroxyl groups is 1. The number of rotatable bonds is 9. The SMILES string of the molecule is CC[C@@H](C)NC(=O)[C@H]1N(C(=O)[C@@H](O)[C@H](Cc2ccccc2)NC(=O)c2cccc(O)c2C)CC(F)(F)C1(C)C. The molecule has 0 unspecified atom stereocenters. The maximum absolute atomic E-state index is 15.1. The lowest BCUT2D eigenvalue weighted by atomic mass is 9.81. The van der Waals surface area contributed by atoms with Gasteiger partial charge in [-0.2, -0.15) is 0 Å². The van der Waals surface area contributed by atoms with Crippen LogP contribution in [0.25, 0.3) is 0 Å². The molecule has 8 nitrogen and oxygen atoms in total. The van der Waals surface area contributed by atoms with Crippen LogP contribution in [0.15, 0.2) is 48.5 Å². The van der Waals surface area contributed by atoms with Crippen molar-refractivity contribution in [3.63, 3.8) is 0 Å². The highest BCUT2D eigenvalue weighted by Gasteiger charge is 2.64. The number of phenolic OH excluding ortho intramolecular Hbond substituents is 1. The summed E-state index contributed by atoms with van der Waals surface area (Å²) >= 11 is 0. The second-order valence-corrected chi connectivity index (χ2v) is 10.8. The Labute approximate surface area is 227 Å². The van der Waals surface area contributed by atoms with Crippen molar-refractivity contribution in [1.82, 2.24) is 15.5 Å². The van der Waals surface area contributed by atoms with Gasteiger partial charge in [0.1, 0.15) is 11.8 Å². The van der Waals surface area contributed by atoms with Gasteiger partial charge in [-0.1, -0.05) is 57.2 Å². The molecule has 1 aliphatic rings. The summed E-state index contributed by atoms with van der Waals surface area (Å²) < 4.78 is 30.3. The van der Waals surface area contributed by atoms with Crippen LogP contribution in [-0.4, -0.2) is 69.5 Å². The number of aliphatic hydroxyl groups is 1. The summed E-state index contributed by atoms with van der Waals surface area (Å²) in [5.74, 6) is -5.98. The number of alkyl halides is 2. The van der Waals surface area contributed by atoms with Crippen LogP contribution in [0.3, 0.4) is 0 Å². The van der Waals surface area contributed by atoms with Crippen LogP contribution < -0.4 is 10.6 Å². The number of carbonyl (C=O) groups excluding carboxylic acids is 3. The molecular formula is C29H37F2N3O5. The minimum absolute atomic E-state index is 0.00864. The number of likely N-dealkylation sites (tertiary alicyclic amines) is 1. The predicted molar refractivity (Wildman–Crippen MR) is 142 cm³/mol. The molecule has 1 saturated heterocycles. The van der Waals surface area contributed by atoms with E-state index in [0.717, 1.165) is 4.90 Å². The van der Waals surface area contributed by atoms with E-state index in [9.17, 15) is 24.6 Å². The molecule has 0 spiro atoms. The van der Waals surface area contributed by atoms with Gasteiger partial charge in [-0.15, -0.1) is 0 Å². The molecule has 0 aliphatic carbocycles. The van der Waals surface area contributed by atoms with Gasteiger partial charge in [0.2, 0.25) is 5.91 Å². The summed E-state index contributed by atoms with van der Waals surface area (Å²) in [4.78, 5) is 40.7. The van der Waals surface area contributed by atoms with Crippen LogP contribution in [-0.2, 0) is 16.0 Å². The second-order valence-electron chi connectivity index (χ2n) is 10.8. The maximum Gasteiger partial charge on any atom is 0.272 e. The molecule has 0 saturated carbocycles. The topological polar surface area (TPSA) is 119 Å². The number of amides is 3. The minimum Gasteiger partial charge on any atom is -0.508 e. The van der Waals surface area contributed by atoms with Crippen LogP contribution >= 0.6 is 0 Å². The van der Waals surface area contributed by atoms with E-state index in [4.69, 9.17) is 0 Å². The van der Waals surface area contributed by atoms with E-state index in [0.29, 0.717) is 17.5 Å². The zero-order valence-electron chi connectivity index (χ0n) is 22.9. The third kappa shape index (κ3) is 6.21. The Morgan fingerprint density at radius 2 is 1.72 bits per heavy atom. The van der Waals surface area contributed by atoms with Crippen molar-refractivity contribution in [2.24, 2.45) is 5.41 Å². The van der Waals surface area contributed by atoms with Gasteiger partial charge in [-0.3, -0.25) is 14.4 Å². The van der Waals surface area contributed by atoms with Crippen LogP contribution in [0.2, 0.25) is 0 Å². The van der Waals surface area contributed by atoms with E-state index in [1.807, 2.05) is 6.92 Å². The van der Waals surface area contributed by atoms with Crippen molar-refractivity contribution in [3.05, 3.63) is 65.2 Å². The standard InChI is InChI=1S/C29H37F2N3O5/c1-6-17(2)32-26(38)24-28(4,5)29(30,31)16-34(24)27(39)23(36)21(15-19-11-8-7-9-12-19)33-25(37)20-13-10-14-22(35)18(20)3/h7-14,17,21,23-24,35-36H,6,15-16H2,1-5H3,(H,32,38)(H,33,37)/t17-,21+,23+,24-/m1/s1. The smallest absolute Gasteiger partial charge is 0.272 e. The van der Waals surface area contributed by atoms with Gasteiger partial charge in [0.25, 0.3) is 17.7 Å². The van der Waals surface area contributed by atoms with Crippen LogP contribution in [0, 0.1) is 12.3 Å². The van der Waals surface area contributed by atoms with Crippen molar-refractivity contribution in [2.75, 3.05) is 6.54 Å². The summed E-state index contributed by atoms with van der Waals surface area (Å²) in [6.45, 7) is 6.51. The monoisotopic (exact) mass is 545 g/mol. The molecule has 0 radical (unpaired) electrons. The Balaban J connectivity index is 1.95. The average Bonchev–Trinajstić information content (AvgIpc) is 3.08. The molecule has 0 aromatic heterocycles. The second kappa shape index (κ2) is 11.7. The Bertz CT molecular complexity index is 1200. The Hall–Kier alpha value is -3.53. The summed E-state index contributed by atoms with van der Waals surface area (Å²) in [5, 5.41) is 26.6. The van der Waals surface area contributed by atoms with E-state index in [1.54, 1.807) is 44.2 Å². The van der Waals surface area contributed by atoms with Crippen LogP contribution in [0.1, 0.15) is 55.6 Å². The van der Waals surface area contributed by atoms with Crippen LogP contribution in [0.5, 0.6) is 5.75 Å². The van der Waals surface area contributed by atoms with Crippen molar-refractivity contribution in [3.8, 4) is 5.75 Å². The minimum atomic E-state index is -3.41. The highest BCUT2D eigenvalue weighted by atomic mass is 19.3. The number of hydrogen-bond acceptors (Lipinski definition) is 5. The van der Waals surface area contributed by atoms with E-state index < -0.39 is 53.8 Å². The lowest BCUT2D eigenvalue weighted by Gasteiger charge is -2.34. The quantitative estimate of drug-likeness (QED) is 0.386. The zero-order chi connectivity index (χ0) is 29.1. The number of hydrogen-bond donors (Lipinski definition) is 4. The third-order valence-corrected chi connectivity index (χ3v) is 7.64. The Morgan fingerprint density at radius 1 is 1.08 bits per heavy atom. The summed E-state index contributed by atoms with van der Waals surface area (Å²) in [6.07, 6.45) is -1.37. The predicted octanol–water partition coefficient (Wildman–Crippen LogP) is 3.19. The van der Waals surface area contributed by atoms with Crippen molar-refractivity contribution < 1.29 is 33.4 Å². The number of nitrogens with zero attached hydrogens (tertiary/aromatic N) is 1. The van der Waals surface area contributed by atoms with Crippen molar-refractivity contribution in [2.45, 2.75) is 77.6 Å². The lowest BCUT2D eigenvalue weighted by Crippen LogP contribution is -2.58. The molecule has 39 heavy (non-hydrogen) atoms. The molecule has 10 heteroatoms. The molecule has 1 aliphatic heterocycles. The molecule has 1 fully saturated rings. The molecule has 2 aromatic rings. The normalized spacial score (nSPS) is 20.1. The van der Waals surface area contributed by atoms with Gasteiger partial charge < -0.3 is 25.7 Å². The molecule has 1 heterocycles. The molecule has 4 atom stereocenters. The number of benzene rings is 2. The van der Waals surface area contributed by atoms with Crippen LogP contribution in [0.4, 0.5) is 8.78 Å². The molecule has 212 valence electrons. The summed E-state index contributed by atoms with van der Waals surface area (Å²) in [7, 11) is 0. The van der Waals surface area contributed by atoms with Gasteiger partial charge in [-0.25, -0.2) is 8.78 Å². The van der Waals surface area contributed by atoms with E-state index in [2.05, 4.69) is 10.6 Å². The molecule has 3 amide bonds. The number of halogens is 2. The first-order valence-electron chi connectivity index (χ1n) is 13.0. The largest absolute Gasteiger partial charge is 0.508 e. The molecular weight excluding hydrogens is 508 g/mol. The van der Waals surface area contributed by atoms with E-state index >= 15 is 8.78 Å². The first-order chi connectivity index (χ1) is 18.2. The van der Waals surface area contributed by atoms with E-state index in [1.165, 1.54) is 32.0 Å². The average molecular weight is 546 g/mol. The van der Waals surface area contributed by atoms with Gasteiger partial charge in [0, 0.05) is 17.2 Å². The highest BCUT2D eigenvalue weighted by molar-refractivity contribution is 5.97. The number of nitrogens with one attached hydrogen (secondary N) is 2. The highest BCUT2D eigenvalue weighted by Crippen LogP contribution is 2.48. The lowest BCUT2D eigenvalue weighted by molar-refractivity contribution is -0.148. The number of phenols is 1. The van der Waals surface area contributed by atoms with E-state index in [-0.39, 0.29) is 23.8 Å². The summed E-state index contributed by atoms with van der Waals surface area (Å²) in [5.41, 5.74) is -0.790. The Kier molecular flexibility index (Phi) is 9.00. The Morgan fingerprint density at radius 3 is 2.33 bits per heavy atom. The number of aliphatic hydroxyl groups excluding tert-OH is 1. The fraction of sp³-hybridized carbons (Fsp3) is 0.483. The summed E-state index contributed by atoms with van der Waals surface area (Å²) in [6, 6.07) is 10.1. The fourth-order valence-corrected chi connectivity index (χ4v) is 4.76. The first-order valence-corrected chi connectivity index (χ1v) is 13.0. The molecule has 4 N–H and O–H groups in total. The fourth-order valence-electron chi connectivity index (χ4n) is 4.76. The van der Waals surface area contributed by atoms with Crippen molar-refractivity contribution in [1.29, 1.82) is 0 Å². The first kappa shape index (κ1) is 30.0. The molecule has 3 rings (SSSR count). The van der Waals surface area contributed by atoms with Crippen molar-refractivity contribution >= 4 is 17.7 Å². The van der Waals surface area contributed by atoms with Gasteiger partial charge in [0.05, 0.1) is 18.0 Å². The maximum atomic E-state index is 15.1.